The lowest BCUT2D eigenvalue weighted by atomic mass is 10.0. The summed E-state index contributed by atoms with van der Waals surface area (Å²) in [5, 5.41) is 0. The van der Waals surface area contributed by atoms with E-state index < -0.39 is 0 Å². The maximum Gasteiger partial charge on any atom is 0.123 e. The molecular formula is C13H20FN. The standard InChI is InChI=1S/C13H20FN/c1-2-5-13(15)9-4-7-11-6-3-8-12(14)10-11/h3,6,8,10,13H,2,4-5,7,9,15H2,1H3. The van der Waals surface area contributed by atoms with Crippen molar-refractivity contribution in [1.82, 2.24) is 0 Å². The molecule has 1 aromatic carbocycles. The second-order valence-electron chi connectivity index (χ2n) is 4.07. The molecule has 0 spiro atoms. The summed E-state index contributed by atoms with van der Waals surface area (Å²) in [7, 11) is 0. The summed E-state index contributed by atoms with van der Waals surface area (Å²) in [5.74, 6) is -0.148. The smallest absolute Gasteiger partial charge is 0.123 e. The van der Waals surface area contributed by atoms with E-state index in [0.29, 0.717) is 6.04 Å². The minimum Gasteiger partial charge on any atom is -0.328 e. The molecular weight excluding hydrogens is 189 g/mol. The number of halogens is 1. The lowest BCUT2D eigenvalue weighted by molar-refractivity contribution is 0.538. The highest BCUT2D eigenvalue weighted by Gasteiger charge is 2.01. The van der Waals surface area contributed by atoms with Crippen molar-refractivity contribution < 1.29 is 4.39 Å². The normalized spacial score (nSPS) is 12.7. The van der Waals surface area contributed by atoms with Gasteiger partial charge in [0.05, 0.1) is 0 Å². The van der Waals surface area contributed by atoms with Crippen LogP contribution in [0.1, 0.15) is 38.2 Å². The molecule has 0 radical (unpaired) electrons. The summed E-state index contributed by atoms with van der Waals surface area (Å²) < 4.78 is 12.8. The van der Waals surface area contributed by atoms with Crippen LogP contribution in [0.5, 0.6) is 0 Å². The van der Waals surface area contributed by atoms with E-state index in [1.165, 1.54) is 6.07 Å². The van der Waals surface area contributed by atoms with Gasteiger partial charge in [0.25, 0.3) is 0 Å². The lowest BCUT2D eigenvalue weighted by Crippen LogP contribution is -2.19. The van der Waals surface area contributed by atoms with Gasteiger partial charge in [-0.15, -0.1) is 0 Å². The minimum absolute atomic E-state index is 0.148. The van der Waals surface area contributed by atoms with Crippen molar-refractivity contribution in [2.45, 2.75) is 45.1 Å². The third-order valence-electron chi connectivity index (χ3n) is 2.59. The van der Waals surface area contributed by atoms with Gasteiger partial charge in [0.15, 0.2) is 0 Å². The molecule has 1 unspecified atom stereocenters. The molecule has 0 amide bonds. The molecule has 1 nitrogen and oxygen atoms in total. The number of nitrogens with two attached hydrogens (primary N) is 1. The van der Waals surface area contributed by atoms with Crippen molar-refractivity contribution in [2.24, 2.45) is 5.73 Å². The van der Waals surface area contributed by atoms with Crippen LogP contribution in [0.4, 0.5) is 4.39 Å². The molecule has 0 aliphatic heterocycles. The van der Waals surface area contributed by atoms with Crippen LogP contribution >= 0.6 is 0 Å². The zero-order valence-electron chi connectivity index (χ0n) is 9.38. The van der Waals surface area contributed by atoms with Crippen molar-refractivity contribution in [1.29, 1.82) is 0 Å². The van der Waals surface area contributed by atoms with Crippen molar-refractivity contribution in [3.63, 3.8) is 0 Å². The predicted molar refractivity (Wildman–Crippen MR) is 62.2 cm³/mol. The molecule has 2 N–H and O–H groups in total. The van der Waals surface area contributed by atoms with Crippen LogP contribution in [0.3, 0.4) is 0 Å². The molecule has 0 aliphatic carbocycles. The molecule has 0 aliphatic rings. The molecule has 0 aromatic heterocycles. The maximum absolute atomic E-state index is 12.8. The van der Waals surface area contributed by atoms with Crippen LogP contribution in [0.2, 0.25) is 0 Å². The van der Waals surface area contributed by atoms with Gasteiger partial charge in [-0.2, -0.15) is 0 Å². The van der Waals surface area contributed by atoms with E-state index >= 15 is 0 Å². The first-order valence-corrected chi connectivity index (χ1v) is 5.72. The first-order chi connectivity index (χ1) is 7.22. The molecule has 0 bridgehead atoms. The van der Waals surface area contributed by atoms with E-state index in [0.717, 1.165) is 37.7 Å². The Kier molecular flexibility index (Phi) is 5.33. The van der Waals surface area contributed by atoms with Gasteiger partial charge < -0.3 is 5.73 Å². The SMILES string of the molecule is CCCC(N)CCCc1cccc(F)c1. The predicted octanol–water partition coefficient (Wildman–Crippen LogP) is 3.28. The monoisotopic (exact) mass is 209 g/mol. The molecule has 1 atom stereocenters. The first-order valence-electron chi connectivity index (χ1n) is 5.72. The van der Waals surface area contributed by atoms with E-state index in [2.05, 4.69) is 6.92 Å². The average Bonchev–Trinajstić information content (AvgIpc) is 2.18. The molecule has 0 heterocycles. The van der Waals surface area contributed by atoms with Gasteiger partial charge in [0.1, 0.15) is 5.82 Å². The molecule has 0 saturated carbocycles. The summed E-state index contributed by atoms with van der Waals surface area (Å²) in [5.41, 5.74) is 6.97. The highest BCUT2D eigenvalue weighted by Crippen LogP contribution is 2.09. The number of benzene rings is 1. The quantitative estimate of drug-likeness (QED) is 0.764. The second-order valence-corrected chi connectivity index (χ2v) is 4.07. The summed E-state index contributed by atoms with van der Waals surface area (Å²) >= 11 is 0. The highest BCUT2D eigenvalue weighted by molar-refractivity contribution is 5.16. The Labute approximate surface area is 91.5 Å². The topological polar surface area (TPSA) is 26.0 Å². The van der Waals surface area contributed by atoms with Crippen LogP contribution in [0, 0.1) is 5.82 Å². The third-order valence-corrected chi connectivity index (χ3v) is 2.59. The Bertz CT molecular complexity index is 286. The van der Waals surface area contributed by atoms with Crippen molar-refractivity contribution in [3.05, 3.63) is 35.6 Å². The fraction of sp³-hybridized carbons (Fsp3) is 0.538. The first kappa shape index (κ1) is 12.2. The van der Waals surface area contributed by atoms with E-state index in [4.69, 9.17) is 5.73 Å². The highest BCUT2D eigenvalue weighted by atomic mass is 19.1. The maximum atomic E-state index is 12.8. The third kappa shape index (κ3) is 4.93. The minimum atomic E-state index is -0.148. The summed E-state index contributed by atoms with van der Waals surface area (Å²) in [6.45, 7) is 2.15. The van der Waals surface area contributed by atoms with E-state index in [-0.39, 0.29) is 5.82 Å². The Morgan fingerprint density at radius 1 is 1.33 bits per heavy atom. The van der Waals surface area contributed by atoms with Gasteiger partial charge >= 0.3 is 0 Å². The van der Waals surface area contributed by atoms with E-state index in [9.17, 15) is 4.39 Å². The van der Waals surface area contributed by atoms with Gasteiger partial charge in [-0.25, -0.2) is 4.39 Å². The van der Waals surface area contributed by atoms with Gasteiger partial charge in [0, 0.05) is 6.04 Å². The molecule has 1 rings (SSSR count). The van der Waals surface area contributed by atoms with Crippen LogP contribution in [0.15, 0.2) is 24.3 Å². The second kappa shape index (κ2) is 6.57. The fourth-order valence-corrected chi connectivity index (χ4v) is 1.78. The van der Waals surface area contributed by atoms with Crippen molar-refractivity contribution in [3.8, 4) is 0 Å². The molecule has 84 valence electrons. The lowest BCUT2D eigenvalue weighted by Gasteiger charge is -2.09. The van der Waals surface area contributed by atoms with Crippen LogP contribution in [-0.4, -0.2) is 6.04 Å². The fourth-order valence-electron chi connectivity index (χ4n) is 1.78. The van der Waals surface area contributed by atoms with Gasteiger partial charge in [-0.05, 0) is 43.4 Å². The molecule has 0 fully saturated rings. The van der Waals surface area contributed by atoms with Crippen LogP contribution in [0.25, 0.3) is 0 Å². The molecule has 15 heavy (non-hydrogen) atoms. The Hall–Kier alpha value is -0.890. The number of hydrogen-bond donors (Lipinski definition) is 1. The van der Waals surface area contributed by atoms with Gasteiger partial charge in [0.2, 0.25) is 0 Å². The summed E-state index contributed by atoms with van der Waals surface area (Å²) in [4.78, 5) is 0. The van der Waals surface area contributed by atoms with E-state index in [1.54, 1.807) is 12.1 Å². The Balaban J connectivity index is 2.25. The molecule has 0 saturated heterocycles. The Morgan fingerprint density at radius 2 is 2.13 bits per heavy atom. The Morgan fingerprint density at radius 3 is 2.80 bits per heavy atom. The largest absolute Gasteiger partial charge is 0.328 e. The van der Waals surface area contributed by atoms with Gasteiger partial charge in [-0.3, -0.25) is 0 Å². The summed E-state index contributed by atoms with van der Waals surface area (Å²) in [6, 6.07) is 7.12. The van der Waals surface area contributed by atoms with Crippen molar-refractivity contribution in [2.75, 3.05) is 0 Å². The van der Waals surface area contributed by atoms with Crippen LogP contribution in [-0.2, 0) is 6.42 Å². The zero-order chi connectivity index (χ0) is 11.1. The van der Waals surface area contributed by atoms with Gasteiger partial charge in [-0.1, -0.05) is 25.5 Å². The number of hydrogen-bond acceptors (Lipinski definition) is 1. The average molecular weight is 209 g/mol. The summed E-state index contributed by atoms with van der Waals surface area (Å²) in [6.07, 6.45) is 5.23. The number of rotatable bonds is 6. The molecule has 2 heteroatoms. The number of aryl methyl sites for hydroxylation is 1. The molecule has 1 aromatic rings. The zero-order valence-corrected chi connectivity index (χ0v) is 9.38. The van der Waals surface area contributed by atoms with Crippen LogP contribution < -0.4 is 5.73 Å². The van der Waals surface area contributed by atoms with Crippen molar-refractivity contribution >= 4 is 0 Å². The van der Waals surface area contributed by atoms with E-state index in [1.807, 2.05) is 6.07 Å².